The van der Waals surface area contributed by atoms with E-state index in [1.54, 1.807) is 0 Å². The molecule has 1 aliphatic heterocycles. The molecule has 0 aromatic carbocycles. The molecule has 0 aliphatic carbocycles. The highest BCUT2D eigenvalue weighted by atomic mass is 16.1. The van der Waals surface area contributed by atoms with Crippen LogP contribution in [-0.4, -0.2) is 24.0 Å². The minimum Gasteiger partial charge on any atom is -0.303 e. The molecule has 0 saturated carbocycles. The first-order valence-corrected chi connectivity index (χ1v) is 3.92. The van der Waals surface area contributed by atoms with Gasteiger partial charge in [0.1, 0.15) is 11.9 Å². The van der Waals surface area contributed by atoms with E-state index in [1.165, 1.54) is 0 Å². The average Bonchev–Trinajstić information content (AvgIpc) is 2.05. The second kappa shape index (κ2) is 3.51. The molecular weight excluding hydrogens is 154 g/mol. The van der Waals surface area contributed by atoms with Gasteiger partial charge in [-0.2, -0.15) is 0 Å². The van der Waals surface area contributed by atoms with Crippen molar-refractivity contribution in [2.75, 3.05) is 0 Å². The van der Waals surface area contributed by atoms with E-state index in [4.69, 9.17) is 0 Å². The number of rotatable bonds is 0. The summed E-state index contributed by atoms with van der Waals surface area (Å²) in [4.78, 5) is 20.8. The highest BCUT2D eigenvalue weighted by molar-refractivity contribution is 5.63. The lowest BCUT2D eigenvalue weighted by atomic mass is 9.92. The molecule has 64 valence electrons. The zero-order chi connectivity index (χ0) is 9.14. The van der Waals surface area contributed by atoms with Gasteiger partial charge in [-0.15, -0.1) is 0 Å². The second-order valence-corrected chi connectivity index (χ2v) is 3.04. The first-order chi connectivity index (χ1) is 5.69. The van der Waals surface area contributed by atoms with Crippen LogP contribution in [0.1, 0.15) is 20.3 Å². The van der Waals surface area contributed by atoms with Gasteiger partial charge in [-0.25, -0.2) is 9.59 Å². The fourth-order valence-corrected chi connectivity index (χ4v) is 1.34. The Bertz CT molecular complexity index is 255. The first-order valence-electron chi connectivity index (χ1n) is 3.92. The molecule has 1 rings (SSSR count). The van der Waals surface area contributed by atoms with E-state index in [1.807, 2.05) is 25.7 Å². The number of piperidine rings is 1. The predicted octanol–water partition coefficient (Wildman–Crippen LogP) is 0.273. The van der Waals surface area contributed by atoms with Gasteiger partial charge in [0.25, 0.3) is 0 Å². The van der Waals surface area contributed by atoms with Gasteiger partial charge in [0.15, 0.2) is 0 Å². The molecule has 2 atom stereocenters. The number of hydrogen-bond acceptors (Lipinski definition) is 3. The number of carbonyl (C=O) groups excluding carboxylic acids is 2. The number of hydrogen-bond donors (Lipinski definition) is 1. The Balaban J connectivity index is 2.91. The van der Waals surface area contributed by atoms with Crippen LogP contribution in [0.25, 0.3) is 0 Å². The van der Waals surface area contributed by atoms with Gasteiger partial charge in [-0.05, 0) is 13.8 Å². The van der Waals surface area contributed by atoms with E-state index < -0.39 is 0 Å². The largest absolute Gasteiger partial charge is 0.303 e. The summed E-state index contributed by atoms with van der Waals surface area (Å²) in [5, 5.41) is 3.08. The molecule has 1 fully saturated rings. The van der Waals surface area contributed by atoms with Crippen LogP contribution in [-0.2, 0) is 9.59 Å². The molecular formula is C9H11NO2. The highest BCUT2D eigenvalue weighted by Gasteiger charge is 2.24. The lowest BCUT2D eigenvalue weighted by Gasteiger charge is -2.27. The minimum atomic E-state index is 0.0228. The van der Waals surface area contributed by atoms with Crippen LogP contribution in [0.3, 0.4) is 0 Å². The molecule has 0 bridgehead atoms. The summed E-state index contributed by atoms with van der Waals surface area (Å²) in [5.41, 5.74) is 1.21. The van der Waals surface area contributed by atoms with Crippen molar-refractivity contribution in [3.05, 3.63) is 11.1 Å². The van der Waals surface area contributed by atoms with Crippen molar-refractivity contribution in [2.24, 2.45) is 0 Å². The normalized spacial score (nSPS) is 29.5. The van der Waals surface area contributed by atoms with Gasteiger partial charge in [0.05, 0.1) is 0 Å². The molecule has 1 heterocycles. The van der Waals surface area contributed by atoms with E-state index in [9.17, 15) is 9.59 Å². The molecule has 0 aromatic rings. The summed E-state index contributed by atoms with van der Waals surface area (Å²) in [6.45, 7) is 3.77. The van der Waals surface area contributed by atoms with Crippen LogP contribution < -0.4 is 5.32 Å². The minimum absolute atomic E-state index is 0.0228. The third-order valence-corrected chi connectivity index (χ3v) is 2.19. The fraction of sp³-hybridized carbons (Fsp3) is 0.556. The lowest BCUT2D eigenvalue weighted by Crippen LogP contribution is -2.42. The van der Waals surface area contributed by atoms with Crippen molar-refractivity contribution in [1.29, 1.82) is 0 Å². The van der Waals surface area contributed by atoms with Crippen molar-refractivity contribution in [2.45, 2.75) is 32.4 Å². The Kier molecular flexibility index (Phi) is 2.61. The maximum absolute atomic E-state index is 10.4. The highest BCUT2D eigenvalue weighted by Crippen LogP contribution is 2.19. The summed E-state index contributed by atoms with van der Waals surface area (Å²) >= 11 is 0. The van der Waals surface area contributed by atoms with Gasteiger partial charge in [-0.1, -0.05) is 0 Å². The molecule has 1 N–H and O–H groups in total. The van der Waals surface area contributed by atoms with Crippen molar-refractivity contribution in [3.8, 4) is 0 Å². The van der Waals surface area contributed by atoms with Crippen molar-refractivity contribution < 1.29 is 9.59 Å². The second-order valence-electron chi connectivity index (χ2n) is 3.04. The Morgan fingerprint density at radius 1 is 1.17 bits per heavy atom. The fourth-order valence-electron chi connectivity index (χ4n) is 1.34. The Morgan fingerprint density at radius 2 is 1.58 bits per heavy atom. The van der Waals surface area contributed by atoms with Crippen LogP contribution in [0.15, 0.2) is 11.1 Å². The van der Waals surface area contributed by atoms with Crippen molar-refractivity contribution in [1.82, 2.24) is 5.32 Å². The van der Waals surface area contributed by atoms with Gasteiger partial charge in [-0.3, -0.25) is 0 Å². The Hall–Kier alpha value is -1.14. The van der Waals surface area contributed by atoms with Crippen LogP contribution in [0.2, 0.25) is 0 Å². The SMILES string of the molecule is CC1NC(C)C(=C=O)CC1=C=O. The molecule has 0 amide bonds. The summed E-state index contributed by atoms with van der Waals surface area (Å²) in [6.07, 6.45) is 0.419. The Morgan fingerprint density at radius 3 is 1.92 bits per heavy atom. The summed E-state index contributed by atoms with van der Waals surface area (Å²) < 4.78 is 0. The maximum atomic E-state index is 10.4. The van der Waals surface area contributed by atoms with Gasteiger partial charge >= 0.3 is 0 Å². The predicted molar refractivity (Wildman–Crippen MR) is 45.1 cm³/mol. The number of nitrogens with one attached hydrogen (secondary N) is 1. The van der Waals surface area contributed by atoms with Gasteiger partial charge in [0, 0.05) is 29.7 Å². The van der Waals surface area contributed by atoms with Gasteiger partial charge < -0.3 is 5.32 Å². The third-order valence-electron chi connectivity index (χ3n) is 2.19. The van der Waals surface area contributed by atoms with Crippen molar-refractivity contribution >= 4 is 11.9 Å². The average molecular weight is 165 g/mol. The van der Waals surface area contributed by atoms with E-state index >= 15 is 0 Å². The monoisotopic (exact) mass is 165 g/mol. The molecule has 0 aromatic heterocycles. The maximum Gasteiger partial charge on any atom is 0.125 e. The van der Waals surface area contributed by atoms with E-state index in [0.717, 1.165) is 0 Å². The van der Waals surface area contributed by atoms with Crippen LogP contribution in [0.4, 0.5) is 0 Å². The van der Waals surface area contributed by atoms with E-state index in [0.29, 0.717) is 17.6 Å². The molecule has 3 heteroatoms. The molecule has 12 heavy (non-hydrogen) atoms. The molecule has 0 spiro atoms. The zero-order valence-corrected chi connectivity index (χ0v) is 7.18. The summed E-state index contributed by atoms with van der Waals surface area (Å²) in [6, 6.07) is 0.0456. The lowest BCUT2D eigenvalue weighted by molar-refractivity contribution is 0.489. The van der Waals surface area contributed by atoms with E-state index in [2.05, 4.69) is 5.32 Å². The smallest absolute Gasteiger partial charge is 0.125 e. The molecule has 0 radical (unpaired) electrons. The topological polar surface area (TPSA) is 46.2 Å². The quantitative estimate of drug-likeness (QED) is 0.524. The van der Waals surface area contributed by atoms with E-state index in [-0.39, 0.29) is 12.1 Å². The molecule has 1 aliphatic rings. The van der Waals surface area contributed by atoms with Crippen molar-refractivity contribution in [3.63, 3.8) is 0 Å². The molecule has 2 unspecified atom stereocenters. The summed E-state index contributed by atoms with van der Waals surface area (Å²) in [5.74, 6) is 3.69. The molecule has 1 saturated heterocycles. The first kappa shape index (κ1) is 8.95. The van der Waals surface area contributed by atoms with Crippen LogP contribution in [0, 0.1) is 0 Å². The molecule has 3 nitrogen and oxygen atoms in total. The van der Waals surface area contributed by atoms with Gasteiger partial charge in [0.2, 0.25) is 0 Å². The van der Waals surface area contributed by atoms with Crippen LogP contribution in [0.5, 0.6) is 0 Å². The van der Waals surface area contributed by atoms with Crippen LogP contribution >= 0.6 is 0 Å². The third kappa shape index (κ3) is 1.54. The summed E-state index contributed by atoms with van der Waals surface area (Å²) in [7, 11) is 0. The zero-order valence-electron chi connectivity index (χ0n) is 7.18. The standard InChI is InChI=1S/C9H11NO2/c1-6-8(4-11)3-9(5-12)7(2)10-6/h6-7,10H,3H2,1-2H3. The Labute approximate surface area is 71.1 Å².